The highest BCUT2D eigenvalue weighted by Crippen LogP contribution is 2.43. The van der Waals surface area contributed by atoms with E-state index in [1.807, 2.05) is 0 Å². The molecule has 0 bridgehead atoms. The predicted molar refractivity (Wildman–Crippen MR) is 85.8 cm³/mol. The lowest BCUT2D eigenvalue weighted by molar-refractivity contribution is 0.684. The number of nitriles is 1. The second-order valence-corrected chi connectivity index (χ2v) is 5.97. The second-order valence-electron chi connectivity index (χ2n) is 5.97. The van der Waals surface area contributed by atoms with Gasteiger partial charge >= 0.3 is 0 Å². The Kier molecular flexibility index (Phi) is 2.89. The number of fused-ring (bicyclic) bond motifs is 5. The van der Waals surface area contributed by atoms with Crippen molar-refractivity contribution in [3.63, 3.8) is 0 Å². The fraction of sp³-hybridized carbons (Fsp3) is 0.250. The lowest BCUT2D eigenvalue weighted by atomic mass is 9.76. The molecule has 21 heavy (non-hydrogen) atoms. The summed E-state index contributed by atoms with van der Waals surface area (Å²) >= 11 is 0. The summed E-state index contributed by atoms with van der Waals surface area (Å²) in [6.45, 7) is 0. The molecule has 0 radical (unpaired) electrons. The Hall–Kier alpha value is -2.33. The van der Waals surface area contributed by atoms with Crippen molar-refractivity contribution in [3.8, 4) is 17.2 Å². The SMILES string of the molecule is N#CC=C1Cc2ccccc2-c2ccc3c(c21)CCCC3. The van der Waals surface area contributed by atoms with Crippen LogP contribution in [0.3, 0.4) is 0 Å². The van der Waals surface area contributed by atoms with Crippen LogP contribution in [0, 0.1) is 11.3 Å². The van der Waals surface area contributed by atoms with Crippen molar-refractivity contribution in [2.45, 2.75) is 32.1 Å². The van der Waals surface area contributed by atoms with Gasteiger partial charge in [0.1, 0.15) is 0 Å². The normalized spacial score (nSPS) is 17.6. The average Bonchev–Trinajstić information content (AvgIpc) is 2.54. The van der Waals surface area contributed by atoms with E-state index in [1.165, 1.54) is 58.2 Å². The molecule has 0 atom stereocenters. The lowest BCUT2D eigenvalue weighted by Gasteiger charge is -2.28. The largest absolute Gasteiger partial charge is 0.193 e. The molecular weight excluding hydrogens is 254 g/mol. The first-order valence-corrected chi connectivity index (χ1v) is 7.70. The van der Waals surface area contributed by atoms with Crippen molar-refractivity contribution >= 4 is 5.57 Å². The van der Waals surface area contributed by atoms with Crippen LogP contribution in [0.2, 0.25) is 0 Å². The molecule has 0 amide bonds. The summed E-state index contributed by atoms with van der Waals surface area (Å²) in [5.74, 6) is 0. The van der Waals surface area contributed by atoms with Crippen LogP contribution in [0.4, 0.5) is 0 Å². The molecule has 2 aliphatic carbocycles. The molecule has 0 unspecified atom stereocenters. The summed E-state index contributed by atoms with van der Waals surface area (Å²) in [5, 5.41) is 9.17. The van der Waals surface area contributed by atoms with E-state index in [0.717, 1.165) is 12.8 Å². The molecule has 0 heterocycles. The van der Waals surface area contributed by atoms with E-state index in [2.05, 4.69) is 42.5 Å². The molecule has 0 saturated carbocycles. The molecule has 0 saturated heterocycles. The molecular formula is C20H17N. The molecule has 0 aliphatic heterocycles. The van der Waals surface area contributed by atoms with Gasteiger partial charge in [0.2, 0.25) is 0 Å². The Morgan fingerprint density at radius 3 is 2.67 bits per heavy atom. The van der Waals surface area contributed by atoms with Crippen LogP contribution in [-0.4, -0.2) is 0 Å². The molecule has 1 nitrogen and oxygen atoms in total. The molecule has 1 heteroatoms. The van der Waals surface area contributed by atoms with Crippen LogP contribution in [0.5, 0.6) is 0 Å². The summed E-state index contributed by atoms with van der Waals surface area (Å²) in [4.78, 5) is 0. The number of nitrogens with zero attached hydrogens (tertiary/aromatic N) is 1. The number of hydrogen-bond donors (Lipinski definition) is 0. The van der Waals surface area contributed by atoms with Crippen LogP contribution in [0.25, 0.3) is 16.7 Å². The molecule has 102 valence electrons. The van der Waals surface area contributed by atoms with Gasteiger partial charge in [-0.2, -0.15) is 5.26 Å². The molecule has 4 rings (SSSR count). The molecule has 2 aromatic carbocycles. The first kappa shape index (κ1) is 12.4. The highest BCUT2D eigenvalue weighted by atomic mass is 14.3. The van der Waals surface area contributed by atoms with E-state index >= 15 is 0 Å². The Morgan fingerprint density at radius 2 is 1.76 bits per heavy atom. The van der Waals surface area contributed by atoms with Crippen LogP contribution in [0.15, 0.2) is 42.5 Å². The van der Waals surface area contributed by atoms with Crippen LogP contribution in [-0.2, 0) is 19.3 Å². The van der Waals surface area contributed by atoms with Crippen LogP contribution < -0.4 is 0 Å². The zero-order chi connectivity index (χ0) is 14.2. The minimum absolute atomic E-state index is 0.882. The van der Waals surface area contributed by atoms with Gasteiger partial charge in [0.15, 0.2) is 0 Å². The van der Waals surface area contributed by atoms with E-state index in [-0.39, 0.29) is 0 Å². The zero-order valence-corrected chi connectivity index (χ0v) is 12.0. The minimum Gasteiger partial charge on any atom is -0.193 e. The number of aryl methyl sites for hydroxylation is 1. The fourth-order valence-electron chi connectivity index (χ4n) is 3.85. The predicted octanol–water partition coefficient (Wildman–Crippen LogP) is 4.70. The maximum absolute atomic E-state index is 9.17. The summed E-state index contributed by atoms with van der Waals surface area (Å²) < 4.78 is 0. The van der Waals surface area contributed by atoms with Gasteiger partial charge in [-0.3, -0.25) is 0 Å². The maximum Gasteiger partial charge on any atom is 0.0915 e. The third-order valence-corrected chi connectivity index (χ3v) is 4.78. The number of allylic oxidation sites excluding steroid dienone is 2. The summed E-state index contributed by atoms with van der Waals surface area (Å²) in [6.07, 6.45) is 7.54. The average molecular weight is 271 g/mol. The van der Waals surface area contributed by atoms with Crippen molar-refractivity contribution in [3.05, 3.63) is 64.7 Å². The van der Waals surface area contributed by atoms with Crippen molar-refractivity contribution < 1.29 is 0 Å². The highest BCUT2D eigenvalue weighted by molar-refractivity contribution is 5.91. The Labute approximate surface area is 125 Å². The van der Waals surface area contributed by atoms with Gasteiger partial charge in [-0.15, -0.1) is 0 Å². The van der Waals surface area contributed by atoms with Gasteiger partial charge in [-0.25, -0.2) is 0 Å². The fourth-order valence-corrected chi connectivity index (χ4v) is 3.85. The van der Waals surface area contributed by atoms with Crippen molar-refractivity contribution in [2.24, 2.45) is 0 Å². The Bertz CT molecular complexity index is 790. The van der Waals surface area contributed by atoms with E-state index in [9.17, 15) is 0 Å². The molecule has 2 aromatic rings. The van der Waals surface area contributed by atoms with Gasteiger partial charge in [0.25, 0.3) is 0 Å². The number of benzene rings is 2. The third kappa shape index (κ3) is 1.91. The van der Waals surface area contributed by atoms with Gasteiger partial charge in [-0.1, -0.05) is 36.4 Å². The van der Waals surface area contributed by atoms with Crippen LogP contribution >= 0.6 is 0 Å². The number of rotatable bonds is 0. The van der Waals surface area contributed by atoms with E-state index in [4.69, 9.17) is 5.26 Å². The second kappa shape index (κ2) is 4.90. The van der Waals surface area contributed by atoms with E-state index in [1.54, 1.807) is 6.08 Å². The molecule has 0 spiro atoms. The first-order chi connectivity index (χ1) is 10.4. The summed E-state index contributed by atoms with van der Waals surface area (Å²) in [7, 11) is 0. The first-order valence-electron chi connectivity index (χ1n) is 7.70. The maximum atomic E-state index is 9.17. The summed E-state index contributed by atoms with van der Waals surface area (Å²) in [6, 6.07) is 15.4. The molecule has 0 aromatic heterocycles. The lowest BCUT2D eigenvalue weighted by Crippen LogP contribution is -2.12. The van der Waals surface area contributed by atoms with E-state index < -0.39 is 0 Å². The minimum atomic E-state index is 0.882. The standard InChI is InChI=1S/C20H17N/c21-12-11-16-13-15-6-2-3-7-17(15)19-10-9-14-5-1-4-8-18(14)20(16)19/h2-3,6-7,9-11H,1,4-5,8,13H2. The zero-order valence-electron chi connectivity index (χ0n) is 12.0. The molecule has 2 aliphatic rings. The quantitative estimate of drug-likeness (QED) is 0.637. The summed E-state index contributed by atoms with van der Waals surface area (Å²) in [5.41, 5.74) is 9.53. The monoisotopic (exact) mass is 271 g/mol. The van der Waals surface area contributed by atoms with Crippen molar-refractivity contribution in [1.82, 2.24) is 0 Å². The highest BCUT2D eigenvalue weighted by Gasteiger charge is 2.24. The van der Waals surface area contributed by atoms with Gasteiger partial charge in [-0.05, 0) is 71.1 Å². The van der Waals surface area contributed by atoms with E-state index in [0.29, 0.717) is 0 Å². The van der Waals surface area contributed by atoms with Gasteiger partial charge < -0.3 is 0 Å². The number of hydrogen-bond acceptors (Lipinski definition) is 1. The smallest absolute Gasteiger partial charge is 0.0915 e. The Morgan fingerprint density at radius 1 is 0.905 bits per heavy atom. The topological polar surface area (TPSA) is 23.8 Å². The molecule has 0 N–H and O–H groups in total. The Balaban J connectivity index is 2.04. The van der Waals surface area contributed by atoms with Gasteiger partial charge in [0, 0.05) is 6.08 Å². The van der Waals surface area contributed by atoms with Crippen LogP contribution in [0.1, 0.15) is 35.1 Å². The third-order valence-electron chi connectivity index (χ3n) is 4.78. The van der Waals surface area contributed by atoms with Gasteiger partial charge in [0.05, 0.1) is 6.07 Å². The van der Waals surface area contributed by atoms with Crippen molar-refractivity contribution in [2.75, 3.05) is 0 Å². The molecule has 0 fully saturated rings. The van der Waals surface area contributed by atoms with Crippen molar-refractivity contribution in [1.29, 1.82) is 5.26 Å².